The zero-order valence-electron chi connectivity index (χ0n) is 18.1. The number of rotatable bonds is 10. The summed E-state index contributed by atoms with van der Waals surface area (Å²) in [6.07, 6.45) is 4.37. The third-order valence-corrected chi connectivity index (χ3v) is 6.00. The van der Waals surface area contributed by atoms with Crippen LogP contribution in [0.3, 0.4) is 0 Å². The number of imidazole rings is 1. The van der Waals surface area contributed by atoms with Gasteiger partial charge in [0.05, 0.1) is 24.0 Å². The van der Waals surface area contributed by atoms with Gasteiger partial charge in [-0.3, -0.25) is 4.79 Å². The zero-order valence-corrected chi connectivity index (χ0v) is 18.9. The maximum absolute atomic E-state index is 12.1. The maximum Gasteiger partial charge on any atom is 0.224 e. The first-order valence-corrected chi connectivity index (χ1v) is 11.6. The zero-order chi connectivity index (χ0) is 22.2. The van der Waals surface area contributed by atoms with E-state index in [0.717, 1.165) is 58.7 Å². The average molecular weight is 446 g/mol. The van der Waals surface area contributed by atoms with Crippen LogP contribution in [-0.4, -0.2) is 22.0 Å². The van der Waals surface area contributed by atoms with Crippen molar-refractivity contribution >= 4 is 28.5 Å². The fourth-order valence-electron chi connectivity index (χ4n) is 3.95. The van der Waals surface area contributed by atoms with E-state index in [0.29, 0.717) is 19.5 Å². The first kappa shape index (κ1) is 22.1. The average Bonchev–Trinajstić information content (AvgIpc) is 3.15. The second-order valence-electron chi connectivity index (χ2n) is 8.02. The van der Waals surface area contributed by atoms with Gasteiger partial charge in [0.2, 0.25) is 5.91 Å². The molecule has 164 valence electrons. The number of carbonyl (C=O) groups is 1. The van der Waals surface area contributed by atoms with Crippen molar-refractivity contribution in [3.63, 3.8) is 0 Å². The molecule has 0 unspecified atom stereocenters. The number of halogens is 1. The van der Waals surface area contributed by atoms with Crippen molar-refractivity contribution in [2.45, 2.75) is 38.6 Å². The monoisotopic (exact) mass is 445 g/mol. The van der Waals surface area contributed by atoms with E-state index in [2.05, 4.69) is 34.1 Å². The lowest BCUT2D eigenvalue weighted by molar-refractivity contribution is -0.120. The van der Waals surface area contributed by atoms with Crippen LogP contribution in [-0.2, 0) is 24.2 Å². The Morgan fingerprint density at radius 3 is 2.47 bits per heavy atom. The number of carbonyl (C=O) groups excluding carboxylic acids is 1. The molecule has 5 heteroatoms. The molecule has 0 bridgehead atoms. The molecule has 1 N–H and O–H groups in total. The molecule has 1 aromatic heterocycles. The third-order valence-electron chi connectivity index (χ3n) is 5.63. The van der Waals surface area contributed by atoms with Crippen LogP contribution in [0.1, 0.15) is 36.2 Å². The highest BCUT2D eigenvalue weighted by Gasteiger charge is 2.12. The highest BCUT2D eigenvalue weighted by atomic mass is 35.5. The lowest BCUT2D eigenvalue weighted by Crippen LogP contribution is -2.26. The van der Waals surface area contributed by atoms with Gasteiger partial charge < -0.3 is 9.88 Å². The van der Waals surface area contributed by atoms with E-state index in [1.165, 1.54) is 0 Å². The second-order valence-corrected chi connectivity index (χ2v) is 8.42. The number of benzene rings is 3. The summed E-state index contributed by atoms with van der Waals surface area (Å²) in [6.45, 7) is 1.42. The lowest BCUT2D eigenvalue weighted by Gasteiger charge is -2.11. The minimum Gasteiger partial charge on any atom is -0.356 e. The molecule has 0 fully saturated rings. The van der Waals surface area contributed by atoms with E-state index in [9.17, 15) is 4.79 Å². The summed E-state index contributed by atoms with van der Waals surface area (Å²) in [7, 11) is 0. The molecule has 4 aromatic rings. The Morgan fingerprint density at radius 2 is 1.62 bits per heavy atom. The van der Waals surface area contributed by atoms with E-state index in [1.807, 2.05) is 54.6 Å². The van der Waals surface area contributed by atoms with E-state index in [1.54, 1.807) is 0 Å². The summed E-state index contributed by atoms with van der Waals surface area (Å²) in [6, 6.07) is 26.1. The first-order valence-electron chi connectivity index (χ1n) is 11.2. The summed E-state index contributed by atoms with van der Waals surface area (Å²) in [5.74, 6) is 1.16. The number of aromatic nitrogens is 2. The largest absolute Gasteiger partial charge is 0.356 e. The van der Waals surface area contributed by atoms with Gasteiger partial charge in [-0.15, -0.1) is 0 Å². The number of hydrogen-bond donors (Lipinski definition) is 1. The van der Waals surface area contributed by atoms with Gasteiger partial charge in [0.25, 0.3) is 0 Å². The number of nitrogens with zero attached hydrogens (tertiary/aromatic N) is 2. The predicted molar refractivity (Wildman–Crippen MR) is 131 cm³/mol. The molecule has 0 saturated carbocycles. The molecular weight excluding hydrogens is 418 g/mol. The minimum atomic E-state index is 0.0812. The molecule has 32 heavy (non-hydrogen) atoms. The summed E-state index contributed by atoms with van der Waals surface area (Å²) in [4.78, 5) is 17.0. The van der Waals surface area contributed by atoms with Crippen LogP contribution >= 0.6 is 11.6 Å². The minimum absolute atomic E-state index is 0.0812. The van der Waals surface area contributed by atoms with Crippen molar-refractivity contribution < 1.29 is 4.79 Å². The number of amides is 1. The SMILES string of the molecule is O=C(Cc1ccccc1)NCCCCCc1nc2ccccc2n1Cc1ccccc1Cl. The number of para-hydroxylation sites is 2. The van der Waals surface area contributed by atoms with E-state index >= 15 is 0 Å². The van der Waals surface area contributed by atoms with Crippen molar-refractivity contribution in [1.29, 1.82) is 0 Å². The number of unbranched alkanes of at least 4 members (excludes halogenated alkanes) is 2. The van der Waals surface area contributed by atoms with Crippen molar-refractivity contribution in [2.75, 3.05) is 6.54 Å². The van der Waals surface area contributed by atoms with Crippen LogP contribution in [0.5, 0.6) is 0 Å². The fraction of sp³-hybridized carbons (Fsp3) is 0.259. The summed E-state index contributed by atoms with van der Waals surface area (Å²) < 4.78 is 2.28. The van der Waals surface area contributed by atoms with Gasteiger partial charge in [-0.1, -0.05) is 78.7 Å². The van der Waals surface area contributed by atoms with Crippen LogP contribution in [0.4, 0.5) is 0 Å². The Kier molecular flexibility index (Phi) is 7.57. The molecule has 0 aliphatic heterocycles. The third kappa shape index (κ3) is 5.77. The highest BCUT2D eigenvalue weighted by Crippen LogP contribution is 2.22. The van der Waals surface area contributed by atoms with Gasteiger partial charge in [0, 0.05) is 18.0 Å². The highest BCUT2D eigenvalue weighted by molar-refractivity contribution is 6.31. The Balaban J connectivity index is 1.29. The molecule has 3 aromatic carbocycles. The second kappa shape index (κ2) is 11.0. The van der Waals surface area contributed by atoms with Crippen molar-refractivity contribution in [2.24, 2.45) is 0 Å². The van der Waals surface area contributed by atoms with Crippen LogP contribution in [0.15, 0.2) is 78.9 Å². The lowest BCUT2D eigenvalue weighted by atomic mass is 10.1. The van der Waals surface area contributed by atoms with Crippen molar-refractivity contribution in [3.8, 4) is 0 Å². The van der Waals surface area contributed by atoms with Gasteiger partial charge >= 0.3 is 0 Å². The van der Waals surface area contributed by atoms with Gasteiger partial charge in [-0.25, -0.2) is 4.98 Å². The first-order chi connectivity index (χ1) is 15.7. The summed E-state index contributed by atoms with van der Waals surface area (Å²) in [5, 5.41) is 3.81. The topological polar surface area (TPSA) is 46.9 Å². The molecule has 4 rings (SSSR count). The van der Waals surface area contributed by atoms with Crippen LogP contribution in [0.25, 0.3) is 11.0 Å². The molecule has 0 aliphatic rings. The van der Waals surface area contributed by atoms with E-state index in [4.69, 9.17) is 16.6 Å². The molecular formula is C27H28ClN3O. The number of nitrogens with one attached hydrogen (secondary N) is 1. The molecule has 0 radical (unpaired) electrons. The Labute approximate surface area is 194 Å². The molecule has 0 saturated heterocycles. The molecule has 1 amide bonds. The number of aryl methyl sites for hydroxylation is 1. The number of hydrogen-bond acceptors (Lipinski definition) is 2. The molecule has 0 atom stereocenters. The molecule has 0 spiro atoms. The van der Waals surface area contributed by atoms with Crippen LogP contribution in [0.2, 0.25) is 5.02 Å². The smallest absolute Gasteiger partial charge is 0.224 e. The quantitative estimate of drug-likeness (QED) is 0.313. The predicted octanol–water partition coefficient (Wildman–Crippen LogP) is 5.81. The normalized spacial score (nSPS) is 11.0. The summed E-state index contributed by atoms with van der Waals surface area (Å²) >= 11 is 6.41. The van der Waals surface area contributed by atoms with E-state index < -0.39 is 0 Å². The summed E-state index contributed by atoms with van der Waals surface area (Å²) in [5.41, 5.74) is 4.29. The van der Waals surface area contributed by atoms with Crippen LogP contribution in [0, 0.1) is 0 Å². The molecule has 1 heterocycles. The van der Waals surface area contributed by atoms with Gasteiger partial charge in [0.15, 0.2) is 0 Å². The number of fused-ring (bicyclic) bond motifs is 1. The Hall–Kier alpha value is -3.11. The van der Waals surface area contributed by atoms with Gasteiger partial charge in [-0.05, 0) is 42.2 Å². The van der Waals surface area contributed by atoms with Gasteiger partial charge in [0.1, 0.15) is 5.82 Å². The van der Waals surface area contributed by atoms with E-state index in [-0.39, 0.29) is 5.91 Å². The fourth-order valence-corrected chi connectivity index (χ4v) is 4.14. The van der Waals surface area contributed by atoms with Crippen molar-refractivity contribution in [1.82, 2.24) is 14.9 Å². The maximum atomic E-state index is 12.1. The van der Waals surface area contributed by atoms with Crippen molar-refractivity contribution in [3.05, 3.63) is 101 Å². The van der Waals surface area contributed by atoms with Crippen LogP contribution < -0.4 is 5.32 Å². The Morgan fingerprint density at radius 1 is 0.875 bits per heavy atom. The standard InChI is InChI=1S/C27H28ClN3O/c28-23-14-7-6-13-22(23)20-31-25-16-9-8-15-24(25)30-26(31)17-5-2-10-18-29-27(32)19-21-11-3-1-4-12-21/h1,3-4,6-9,11-16H,2,5,10,17-20H2,(H,29,32). The van der Waals surface area contributed by atoms with Gasteiger partial charge in [-0.2, -0.15) is 0 Å². The Bertz CT molecular complexity index is 1170. The molecule has 4 nitrogen and oxygen atoms in total. The molecule has 0 aliphatic carbocycles.